The van der Waals surface area contributed by atoms with Gasteiger partial charge < -0.3 is 14.8 Å². The van der Waals surface area contributed by atoms with Crippen LogP contribution in [0.15, 0.2) is 65.6 Å². The summed E-state index contributed by atoms with van der Waals surface area (Å²) >= 11 is 14.9. The number of rotatable bonds is 8. The average Bonchev–Trinajstić information content (AvgIpc) is 3.13. The van der Waals surface area contributed by atoms with Crippen LogP contribution in [0.4, 0.5) is 10.5 Å². The largest absolute Gasteiger partial charge is 0.497 e. The fourth-order valence-corrected chi connectivity index (χ4v) is 5.17. The highest BCUT2D eigenvalue weighted by atomic mass is 127. The van der Waals surface area contributed by atoms with Gasteiger partial charge in [-0.3, -0.25) is 19.3 Å². The highest BCUT2D eigenvalue weighted by Crippen LogP contribution is 2.33. The zero-order valence-corrected chi connectivity index (χ0v) is 23.8. The molecule has 190 valence electrons. The molecule has 1 heterocycles. The first-order valence-electron chi connectivity index (χ1n) is 10.8. The van der Waals surface area contributed by atoms with E-state index in [9.17, 15) is 14.4 Å². The van der Waals surface area contributed by atoms with E-state index in [-0.39, 0.29) is 11.4 Å². The molecule has 0 saturated carbocycles. The van der Waals surface area contributed by atoms with Gasteiger partial charge in [-0.2, -0.15) is 0 Å². The Labute approximate surface area is 241 Å². The molecule has 0 unspecified atom stereocenters. The fraction of sp³-hybridized carbons (Fsp3) is 0.115. The van der Waals surface area contributed by atoms with E-state index in [0.29, 0.717) is 33.8 Å². The molecular formula is C26H19Cl2IN2O5S. The van der Waals surface area contributed by atoms with Crippen molar-refractivity contribution in [2.24, 2.45) is 0 Å². The van der Waals surface area contributed by atoms with Crippen LogP contribution in [0.5, 0.6) is 11.5 Å². The Bertz CT molecular complexity index is 1400. The molecule has 0 aliphatic carbocycles. The molecule has 0 spiro atoms. The van der Waals surface area contributed by atoms with Crippen LogP contribution in [-0.2, 0) is 16.2 Å². The van der Waals surface area contributed by atoms with Gasteiger partial charge in [-0.25, -0.2) is 0 Å². The molecular weight excluding hydrogens is 650 g/mol. The maximum Gasteiger partial charge on any atom is 0.294 e. The van der Waals surface area contributed by atoms with Crippen LogP contribution in [0, 0.1) is 3.57 Å². The smallest absolute Gasteiger partial charge is 0.294 e. The molecule has 4 rings (SSSR count). The van der Waals surface area contributed by atoms with Gasteiger partial charge in [0.05, 0.1) is 25.6 Å². The number of amides is 3. The van der Waals surface area contributed by atoms with Crippen LogP contribution in [-0.4, -0.2) is 35.6 Å². The van der Waals surface area contributed by atoms with Gasteiger partial charge in [-0.15, -0.1) is 0 Å². The summed E-state index contributed by atoms with van der Waals surface area (Å²) in [5, 5.41) is 3.11. The van der Waals surface area contributed by atoms with Gasteiger partial charge in [-0.1, -0.05) is 35.3 Å². The Morgan fingerprint density at radius 3 is 2.49 bits per heavy atom. The van der Waals surface area contributed by atoms with Crippen molar-refractivity contribution < 1.29 is 23.9 Å². The molecule has 3 amide bonds. The maximum atomic E-state index is 12.8. The molecule has 1 N–H and O–H groups in total. The van der Waals surface area contributed by atoms with Crippen LogP contribution in [0.2, 0.25) is 10.0 Å². The SMILES string of the molecule is COc1ccc(NC(=O)CN2C(=O)S/C(=C/c3ccc(OCc4ccc(Cl)c(Cl)c4)c(I)c3)C2=O)cc1. The molecule has 0 atom stereocenters. The predicted octanol–water partition coefficient (Wildman–Crippen LogP) is 6.86. The molecule has 0 aromatic heterocycles. The molecule has 37 heavy (non-hydrogen) atoms. The van der Waals surface area contributed by atoms with Gasteiger partial charge in [0.1, 0.15) is 24.7 Å². The summed E-state index contributed by atoms with van der Waals surface area (Å²) in [7, 11) is 1.55. The molecule has 3 aromatic rings. The van der Waals surface area contributed by atoms with Crippen molar-refractivity contribution >= 4 is 86.4 Å². The second kappa shape index (κ2) is 12.2. The Kier molecular flexibility index (Phi) is 9.01. The van der Waals surface area contributed by atoms with Crippen LogP contribution >= 0.6 is 57.6 Å². The molecule has 11 heteroatoms. The molecule has 1 fully saturated rings. The van der Waals surface area contributed by atoms with Crippen molar-refractivity contribution in [3.05, 3.63) is 90.3 Å². The molecule has 1 aliphatic rings. The first-order chi connectivity index (χ1) is 17.7. The highest BCUT2D eigenvalue weighted by molar-refractivity contribution is 14.1. The molecule has 1 aliphatic heterocycles. The Balaban J connectivity index is 1.38. The monoisotopic (exact) mass is 668 g/mol. The van der Waals surface area contributed by atoms with Crippen molar-refractivity contribution in [2.75, 3.05) is 19.0 Å². The Morgan fingerprint density at radius 2 is 1.81 bits per heavy atom. The minimum atomic E-state index is -0.519. The lowest BCUT2D eigenvalue weighted by Gasteiger charge is -2.12. The average molecular weight is 669 g/mol. The zero-order chi connectivity index (χ0) is 26.5. The molecule has 1 saturated heterocycles. The van der Waals surface area contributed by atoms with E-state index < -0.39 is 17.1 Å². The van der Waals surface area contributed by atoms with Crippen LogP contribution < -0.4 is 14.8 Å². The first-order valence-corrected chi connectivity index (χ1v) is 13.4. The minimum Gasteiger partial charge on any atom is -0.497 e. The first kappa shape index (κ1) is 27.3. The van der Waals surface area contributed by atoms with Gasteiger partial charge in [0.2, 0.25) is 5.91 Å². The number of nitrogens with one attached hydrogen (secondary N) is 1. The van der Waals surface area contributed by atoms with Crippen molar-refractivity contribution in [3.8, 4) is 11.5 Å². The topological polar surface area (TPSA) is 84.9 Å². The number of halogens is 3. The van der Waals surface area contributed by atoms with Crippen molar-refractivity contribution in [1.82, 2.24) is 4.90 Å². The lowest BCUT2D eigenvalue weighted by molar-refractivity contribution is -0.127. The van der Waals surface area contributed by atoms with E-state index >= 15 is 0 Å². The second-order valence-corrected chi connectivity index (χ2v) is 10.7. The number of carbonyl (C=O) groups is 3. The summed E-state index contributed by atoms with van der Waals surface area (Å²) in [6.07, 6.45) is 1.62. The third kappa shape index (κ3) is 6.98. The van der Waals surface area contributed by atoms with Crippen LogP contribution in [0.1, 0.15) is 11.1 Å². The molecule has 0 radical (unpaired) electrons. The van der Waals surface area contributed by atoms with E-state index in [1.807, 2.05) is 12.1 Å². The van der Waals surface area contributed by atoms with Crippen molar-refractivity contribution in [2.45, 2.75) is 6.61 Å². The van der Waals surface area contributed by atoms with Gasteiger partial charge in [-0.05, 0) is 100 Å². The normalized spacial score (nSPS) is 14.3. The summed E-state index contributed by atoms with van der Waals surface area (Å²) in [5.74, 6) is 0.309. The predicted molar refractivity (Wildman–Crippen MR) is 154 cm³/mol. The highest BCUT2D eigenvalue weighted by Gasteiger charge is 2.36. The zero-order valence-electron chi connectivity index (χ0n) is 19.3. The lowest BCUT2D eigenvalue weighted by atomic mass is 10.2. The fourth-order valence-electron chi connectivity index (χ4n) is 3.32. The van der Waals surface area contributed by atoms with Gasteiger partial charge in [0, 0.05) is 5.69 Å². The number of anilines is 1. The summed E-state index contributed by atoms with van der Waals surface area (Å²) < 4.78 is 11.8. The molecule has 7 nitrogen and oxygen atoms in total. The third-order valence-corrected chi connectivity index (χ3v) is 7.67. The number of nitrogens with zero attached hydrogens (tertiary/aromatic N) is 1. The number of ether oxygens (including phenoxy) is 2. The van der Waals surface area contributed by atoms with Gasteiger partial charge in [0.15, 0.2) is 0 Å². The van der Waals surface area contributed by atoms with Crippen molar-refractivity contribution in [1.29, 1.82) is 0 Å². The van der Waals surface area contributed by atoms with Gasteiger partial charge in [0.25, 0.3) is 11.1 Å². The summed E-state index contributed by atoms with van der Waals surface area (Å²) in [6.45, 7) is -0.0726. The standard InChI is InChI=1S/C26H19Cl2IN2O5S/c1-35-18-6-4-17(5-7-18)30-24(32)13-31-25(33)23(37-26(31)34)12-15-3-9-22(21(29)11-15)36-14-16-2-8-19(27)20(28)10-16/h2-12H,13-14H2,1H3,(H,30,32)/b23-12+. The number of imide groups is 1. The van der Waals surface area contributed by atoms with Crippen LogP contribution in [0.25, 0.3) is 6.08 Å². The number of hydrogen-bond acceptors (Lipinski definition) is 6. The van der Waals surface area contributed by atoms with Crippen molar-refractivity contribution in [3.63, 3.8) is 0 Å². The Hall–Kier alpha value is -2.73. The van der Waals surface area contributed by atoms with E-state index in [0.717, 1.165) is 31.4 Å². The third-order valence-electron chi connectivity index (χ3n) is 5.18. The van der Waals surface area contributed by atoms with E-state index in [2.05, 4.69) is 27.9 Å². The number of benzene rings is 3. The summed E-state index contributed by atoms with van der Waals surface area (Å²) in [5.41, 5.74) is 2.13. The summed E-state index contributed by atoms with van der Waals surface area (Å²) in [6, 6.07) is 17.5. The number of methoxy groups -OCH3 is 1. The number of thioether (sulfide) groups is 1. The summed E-state index contributed by atoms with van der Waals surface area (Å²) in [4.78, 5) is 38.8. The number of hydrogen-bond donors (Lipinski definition) is 1. The quantitative estimate of drug-likeness (QED) is 0.209. The number of carbonyl (C=O) groups excluding carboxylic acids is 3. The van der Waals surface area contributed by atoms with E-state index in [1.54, 1.807) is 61.7 Å². The Morgan fingerprint density at radius 1 is 1.05 bits per heavy atom. The molecule has 0 bridgehead atoms. The van der Waals surface area contributed by atoms with E-state index in [4.69, 9.17) is 32.7 Å². The van der Waals surface area contributed by atoms with Gasteiger partial charge >= 0.3 is 0 Å². The second-order valence-electron chi connectivity index (χ2n) is 7.77. The van der Waals surface area contributed by atoms with E-state index in [1.165, 1.54) is 0 Å². The molecule has 3 aromatic carbocycles. The minimum absolute atomic E-state index is 0.238. The van der Waals surface area contributed by atoms with Crippen LogP contribution in [0.3, 0.4) is 0 Å². The maximum absolute atomic E-state index is 12.8. The lowest BCUT2D eigenvalue weighted by Crippen LogP contribution is -2.36.